The molecule has 0 spiro atoms. The second-order valence-corrected chi connectivity index (χ2v) is 8.98. The first-order valence-electron chi connectivity index (χ1n) is 11.7. The average Bonchev–Trinajstić information content (AvgIpc) is 3.19. The van der Waals surface area contributed by atoms with E-state index in [9.17, 15) is 9.59 Å². The molecule has 2 amide bonds. The molecule has 8 heteroatoms. The number of nitriles is 1. The maximum atomic E-state index is 12.8. The molecule has 3 N–H and O–H groups in total. The third-order valence-corrected chi connectivity index (χ3v) is 6.53. The van der Waals surface area contributed by atoms with Crippen molar-refractivity contribution in [3.63, 3.8) is 0 Å². The van der Waals surface area contributed by atoms with Gasteiger partial charge >= 0.3 is 0 Å². The molecule has 0 aliphatic heterocycles. The molecule has 2 aromatic carbocycles. The van der Waals surface area contributed by atoms with Gasteiger partial charge in [0, 0.05) is 31.1 Å². The largest absolute Gasteiger partial charge is 0.370 e. The molecule has 0 saturated heterocycles. The van der Waals surface area contributed by atoms with Gasteiger partial charge in [0.2, 0.25) is 11.9 Å². The number of amides is 2. The Morgan fingerprint density at radius 2 is 1.91 bits per heavy atom. The zero-order valence-electron chi connectivity index (χ0n) is 19.5. The summed E-state index contributed by atoms with van der Waals surface area (Å²) in [4.78, 5) is 31.4. The Labute approximate surface area is 199 Å². The van der Waals surface area contributed by atoms with Crippen molar-refractivity contribution in [2.75, 3.05) is 12.4 Å². The Bertz CT molecular complexity index is 1220. The van der Waals surface area contributed by atoms with Gasteiger partial charge in [-0.25, -0.2) is 4.98 Å². The van der Waals surface area contributed by atoms with Crippen molar-refractivity contribution in [3.05, 3.63) is 59.2 Å². The van der Waals surface area contributed by atoms with Crippen LogP contribution in [0.4, 0.5) is 5.95 Å². The summed E-state index contributed by atoms with van der Waals surface area (Å²) in [7, 11) is 2.18. The van der Waals surface area contributed by atoms with Crippen molar-refractivity contribution in [2.45, 2.75) is 57.7 Å². The van der Waals surface area contributed by atoms with Gasteiger partial charge in [-0.1, -0.05) is 25.3 Å². The number of carbonyl (C=O) groups excluding carboxylic acids is 2. The van der Waals surface area contributed by atoms with E-state index in [4.69, 9.17) is 11.0 Å². The molecular formula is C26H30N6O2. The smallest absolute Gasteiger partial charge is 0.257 e. The molecule has 0 unspecified atom stereocenters. The first-order valence-corrected chi connectivity index (χ1v) is 11.7. The molecule has 0 bridgehead atoms. The molecule has 1 fully saturated rings. The Morgan fingerprint density at radius 1 is 1.18 bits per heavy atom. The molecule has 34 heavy (non-hydrogen) atoms. The number of aryl methyl sites for hydroxylation is 1. The van der Waals surface area contributed by atoms with Crippen molar-refractivity contribution >= 4 is 28.8 Å². The number of aromatic nitrogens is 2. The number of imidazole rings is 1. The van der Waals surface area contributed by atoms with Gasteiger partial charge < -0.3 is 10.3 Å². The van der Waals surface area contributed by atoms with Crippen LogP contribution in [0, 0.1) is 11.3 Å². The summed E-state index contributed by atoms with van der Waals surface area (Å²) in [5, 5.41) is 11.8. The fourth-order valence-electron chi connectivity index (χ4n) is 4.63. The molecule has 1 aliphatic rings. The molecule has 8 nitrogen and oxygen atoms in total. The van der Waals surface area contributed by atoms with Crippen LogP contribution in [-0.4, -0.2) is 39.4 Å². The minimum absolute atomic E-state index is 0.136. The van der Waals surface area contributed by atoms with Crippen LogP contribution in [-0.2, 0) is 17.9 Å². The molecule has 0 atom stereocenters. The van der Waals surface area contributed by atoms with Gasteiger partial charge in [-0.2, -0.15) is 5.26 Å². The van der Waals surface area contributed by atoms with Crippen LogP contribution in [0.3, 0.4) is 0 Å². The van der Waals surface area contributed by atoms with Crippen molar-refractivity contribution in [2.24, 2.45) is 5.73 Å². The highest BCUT2D eigenvalue weighted by atomic mass is 16.2. The minimum atomic E-state index is -0.419. The van der Waals surface area contributed by atoms with E-state index in [1.165, 1.54) is 32.1 Å². The molecule has 0 radical (unpaired) electrons. The summed E-state index contributed by atoms with van der Waals surface area (Å²) in [6.45, 7) is 1.15. The number of nitrogens with one attached hydrogen (secondary N) is 1. The van der Waals surface area contributed by atoms with Crippen molar-refractivity contribution in [3.8, 4) is 6.07 Å². The van der Waals surface area contributed by atoms with Crippen LogP contribution >= 0.6 is 0 Å². The summed E-state index contributed by atoms with van der Waals surface area (Å²) in [5.41, 5.74) is 9.03. The molecule has 3 aromatic rings. The Balaban J connectivity index is 1.58. The van der Waals surface area contributed by atoms with Crippen LogP contribution in [0.15, 0.2) is 42.5 Å². The lowest BCUT2D eigenvalue weighted by Crippen LogP contribution is -2.32. The summed E-state index contributed by atoms with van der Waals surface area (Å²) in [6, 6.07) is 15.2. The van der Waals surface area contributed by atoms with Crippen LogP contribution in [0.2, 0.25) is 0 Å². The number of anilines is 1. The average molecular weight is 459 g/mol. The van der Waals surface area contributed by atoms with Gasteiger partial charge in [-0.05, 0) is 61.9 Å². The number of primary amides is 1. The zero-order chi connectivity index (χ0) is 24.1. The highest BCUT2D eigenvalue weighted by molar-refractivity contribution is 6.04. The predicted octanol–water partition coefficient (Wildman–Crippen LogP) is 3.80. The van der Waals surface area contributed by atoms with Gasteiger partial charge in [-0.3, -0.25) is 19.8 Å². The predicted molar refractivity (Wildman–Crippen MR) is 131 cm³/mol. The van der Waals surface area contributed by atoms with E-state index in [-0.39, 0.29) is 12.3 Å². The molecule has 4 rings (SSSR count). The Morgan fingerprint density at radius 3 is 2.59 bits per heavy atom. The molecule has 1 aromatic heterocycles. The lowest BCUT2D eigenvalue weighted by molar-refractivity contribution is -0.118. The van der Waals surface area contributed by atoms with E-state index >= 15 is 0 Å². The second kappa shape index (κ2) is 10.5. The number of hydrogen-bond donors (Lipinski definition) is 2. The summed E-state index contributed by atoms with van der Waals surface area (Å²) in [5.74, 6) is -0.391. The molecule has 176 valence electrons. The van der Waals surface area contributed by atoms with E-state index in [1.807, 2.05) is 22.8 Å². The third kappa shape index (κ3) is 5.43. The summed E-state index contributed by atoms with van der Waals surface area (Å²) in [6.07, 6.45) is 6.53. The van der Waals surface area contributed by atoms with Crippen LogP contribution < -0.4 is 11.1 Å². The monoisotopic (exact) mass is 458 g/mol. The Hall–Kier alpha value is -3.70. The van der Waals surface area contributed by atoms with Gasteiger partial charge in [0.15, 0.2) is 0 Å². The number of nitrogens with zero attached hydrogens (tertiary/aromatic N) is 4. The van der Waals surface area contributed by atoms with E-state index in [1.54, 1.807) is 24.3 Å². The maximum Gasteiger partial charge on any atom is 0.257 e. The number of rotatable bonds is 8. The fraction of sp³-hybridized carbons (Fsp3) is 0.385. The maximum absolute atomic E-state index is 12.8. The van der Waals surface area contributed by atoms with E-state index < -0.39 is 5.91 Å². The number of carbonyl (C=O) groups is 2. The summed E-state index contributed by atoms with van der Waals surface area (Å²) < 4.78 is 1.82. The lowest BCUT2D eigenvalue weighted by atomic mass is 9.94. The van der Waals surface area contributed by atoms with Gasteiger partial charge in [-0.15, -0.1) is 0 Å². The van der Waals surface area contributed by atoms with Gasteiger partial charge in [0.05, 0.1) is 22.7 Å². The highest BCUT2D eigenvalue weighted by Crippen LogP contribution is 2.26. The SMILES string of the molecule is CN(Cc1ccc2c(c1)nc(NC(=O)c1ccc(C#N)cc1)n2CCC(N)=O)C1CCCCC1. The van der Waals surface area contributed by atoms with E-state index in [0.717, 1.165) is 23.1 Å². The number of benzene rings is 2. The summed E-state index contributed by atoms with van der Waals surface area (Å²) >= 11 is 0. The van der Waals surface area contributed by atoms with Crippen molar-refractivity contribution in [1.82, 2.24) is 14.5 Å². The first kappa shape index (κ1) is 23.5. The van der Waals surface area contributed by atoms with Crippen molar-refractivity contribution < 1.29 is 9.59 Å². The van der Waals surface area contributed by atoms with Crippen molar-refractivity contribution in [1.29, 1.82) is 5.26 Å². The van der Waals surface area contributed by atoms with Crippen LogP contribution in [0.5, 0.6) is 0 Å². The quantitative estimate of drug-likeness (QED) is 0.532. The molecule has 1 aliphatic carbocycles. The molecule has 1 heterocycles. The second-order valence-electron chi connectivity index (χ2n) is 8.98. The van der Waals surface area contributed by atoms with Crippen LogP contribution in [0.1, 0.15) is 60.0 Å². The standard InChI is InChI=1S/C26H30N6O2/c1-31(21-5-3-2-4-6-21)17-19-9-12-23-22(15-19)29-26(32(23)14-13-24(28)33)30-25(34)20-10-7-18(16-27)8-11-20/h7-12,15,21H,2-6,13-14,17H2,1H3,(H2,28,33)(H,29,30,34). The zero-order valence-corrected chi connectivity index (χ0v) is 19.5. The topological polar surface area (TPSA) is 117 Å². The lowest BCUT2D eigenvalue weighted by Gasteiger charge is -2.31. The minimum Gasteiger partial charge on any atom is -0.370 e. The fourth-order valence-corrected chi connectivity index (χ4v) is 4.63. The van der Waals surface area contributed by atoms with Crippen LogP contribution in [0.25, 0.3) is 11.0 Å². The van der Waals surface area contributed by atoms with Gasteiger partial charge in [0.25, 0.3) is 5.91 Å². The first-order chi connectivity index (χ1) is 16.4. The third-order valence-electron chi connectivity index (χ3n) is 6.53. The van der Waals surface area contributed by atoms with Gasteiger partial charge in [0.1, 0.15) is 0 Å². The molecular weight excluding hydrogens is 428 g/mol. The van der Waals surface area contributed by atoms with E-state index in [0.29, 0.717) is 29.7 Å². The number of nitrogens with two attached hydrogens (primary N) is 1. The highest BCUT2D eigenvalue weighted by Gasteiger charge is 2.19. The Kier molecular flexibility index (Phi) is 7.24. The molecule has 1 saturated carbocycles. The normalized spacial score (nSPS) is 14.3. The number of fused-ring (bicyclic) bond motifs is 1. The van der Waals surface area contributed by atoms with E-state index in [2.05, 4.69) is 28.3 Å². The number of hydrogen-bond acceptors (Lipinski definition) is 5.